The van der Waals surface area contributed by atoms with Crippen molar-refractivity contribution < 1.29 is 9.90 Å². The van der Waals surface area contributed by atoms with Crippen molar-refractivity contribution in [2.24, 2.45) is 11.7 Å². The maximum absolute atomic E-state index is 10.4. The minimum absolute atomic E-state index is 0.0646. The first-order valence-electron chi connectivity index (χ1n) is 6.33. The van der Waals surface area contributed by atoms with Crippen molar-refractivity contribution in [2.75, 3.05) is 0 Å². The van der Waals surface area contributed by atoms with E-state index >= 15 is 0 Å². The Bertz CT molecular complexity index is 221. The van der Waals surface area contributed by atoms with Crippen molar-refractivity contribution in [3.63, 3.8) is 0 Å². The van der Waals surface area contributed by atoms with E-state index in [2.05, 4.69) is 5.32 Å². The highest BCUT2D eigenvalue weighted by atomic mass is 16.4. The molecule has 94 valence electrons. The Morgan fingerprint density at radius 3 is 2.94 bits per heavy atom. The van der Waals surface area contributed by atoms with Crippen LogP contribution in [0.5, 0.6) is 0 Å². The fourth-order valence-corrected chi connectivity index (χ4v) is 2.59. The van der Waals surface area contributed by atoms with Gasteiger partial charge in [0.05, 0.1) is 0 Å². The molecule has 1 aliphatic carbocycles. The van der Waals surface area contributed by atoms with Crippen molar-refractivity contribution in [1.82, 2.24) is 5.32 Å². The van der Waals surface area contributed by atoms with Gasteiger partial charge in [-0.25, -0.2) is 4.79 Å². The molecular formula is C12H24N2O2. The molecule has 0 bridgehead atoms. The zero-order chi connectivity index (χ0) is 12.0. The fourth-order valence-electron chi connectivity index (χ4n) is 2.59. The lowest BCUT2D eigenvalue weighted by molar-refractivity contribution is 0.189. The molecule has 4 nitrogen and oxygen atoms in total. The second-order valence-electron chi connectivity index (χ2n) is 5.07. The lowest BCUT2D eigenvalue weighted by Crippen LogP contribution is -2.31. The van der Waals surface area contributed by atoms with Gasteiger partial charge < -0.3 is 16.2 Å². The number of nitrogens with two attached hydrogens (primary N) is 1. The summed E-state index contributed by atoms with van der Waals surface area (Å²) in [4.78, 5) is 10.4. The highest BCUT2D eigenvalue weighted by Crippen LogP contribution is 2.27. The molecule has 16 heavy (non-hydrogen) atoms. The zero-order valence-electron chi connectivity index (χ0n) is 10.1. The third kappa shape index (κ3) is 5.35. The summed E-state index contributed by atoms with van der Waals surface area (Å²) < 4.78 is 0. The van der Waals surface area contributed by atoms with E-state index in [1.54, 1.807) is 0 Å². The van der Waals surface area contributed by atoms with Crippen molar-refractivity contribution in [3.8, 4) is 0 Å². The quantitative estimate of drug-likeness (QED) is 0.676. The third-order valence-corrected chi connectivity index (χ3v) is 3.44. The number of nitrogens with one attached hydrogen (secondary N) is 1. The molecule has 1 amide bonds. The van der Waals surface area contributed by atoms with E-state index in [4.69, 9.17) is 10.8 Å². The van der Waals surface area contributed by atoms with E-state index in [1.807, 2.05) is 6.92 Å². The standard InChI is InChI=1S/C12H24N2O2/c1-9(14-12(15)16)4-2-5-10-6-3-7-11(13)8-10/h9-11,14H,2-8,13H2,1H3,(H,15,16)/t9?,10?,11-/m1/s1. The molecule has 0 spiro atoms. The monoisotopic (exact) mass is 228 g/mol. The largest absolute Gasteiger partial charge is 0.465 e. The van der Waals surface area contributed by atoms with Gasteiger partial charge in [0.1, 0.15) is 0 Å². The zero-order valence-corrected chi connectivity index (χ0v) is 10.1. The van der Waals surface area contributed by atoms with Crippen LogP contribution in [0.1, 0.15) is 51.9 Å². The Balaban J connectivity index is 2.08. The van der Waals surface area contributed by atoms with Crippen molar-refractivity contribution in [2.45, 2.75) is 64.0 Å². The molecule has 4 heteroatoms. The predicted molar refractivity (Wildman–Crippen MR) is 64.4 cm³/mol. The number of hydrogen-bond acceptors (Lipinski definition) is 2. The molecule has 0 aromatic carbocycles. The molecule has 0 aromatic heterocycles. The summed E-state index contributed by atoms with van der Waals surface area (Å²) in [5.41, 5.74) is 5.93. The minimum atomic E-state index is -0.924. The first kappa shape index (κ1) is 13.3. The molecule has 1 rings (SSSR count). The van der Waals surface area contributed by atoms with Crippen molar-refractivity contribution in [1.29, 1.82) is 0 Å². The Morgan fingerprint density at radius 2 is 2.31 bits per heavy atom. The highest BCUT2D eigenvalue weighted by Gasteiger charge is 2.18. The second-order valence-corrected chi connectivity index (χ2v) is 5.07. The van der Waals surface area contributed by atoms with E-state index in [0.29, 0.717) is 6.04 Å². The van der Waals surface area contributed by atoms with Gasteiger partial charge in [-0.15, -0.1) is 0 Å². The van der Waals surface area contributed by atoms with Crippen LogP contribution in [-0.4, -0.2) is 23.3 Å². The first-order valence-corrected chi connectivity index (χ1v) is 6.33. The summed E-state index contributed by atoms with van der Waals surface area (Å²) in [6.07, 6.45) is 7.18. The topological polar surface area (TPSA) is 75.3 Å². The van der Waals surface area contributed by atoms with Gasteiger partial charge in [-0.05, 0) is 32.1 Å². The SMILES string of the molecule is CC(CCCC1CCC[C@@H](N)C1)NC(=O)O. The summed E-state index contributed by atoms with van der Waals surface area (Å²) >= 11 is 0. The normalized spacial score (nSPS) is 27.4. The maximum atomic E-state index is 10.4. The van der Waals surface area contributed by atoms with Gasteiger partial charge in [-0.1, -0.05) is 25.7 Å². The van der Waals surface area contributed by atoms with Crippen LogP contribution in [0.3, 0.4) is 0 Å². The number of hydrogen-bond donors (Lipinski definition) is 3. The van der Waals surface area contributed by atoms with Gasteiger partial charge in [0.25, 0.3) is 0 Å². The molecular weight excluding hydrogens is 204 g/mol. The van der Waals surface area contributed by atoms with Crippen LogP contribution in [0.4, 0.5) is 4.79 Å². The molecule has 0 saturated heterocycles. The van der Waals surface area contributed by atoms with Crippen LogP contribution in [0, 0.1) is 5.92 Å². The van der Waals surface area contributed by atoms with E-state index in [-0.39, 0.29) is 6.04 Å². The lowest BCUT2D eigenvalue weighted by atomic mass is 9.83. The van der Waals surface area contributed by atoms with Gasteiger partial charge in [-0.2, -0.15) is 0 Å². The first-order chi connectivity index (χ1) is 7.58. The van der Waals surface area contributed by atoms with E-state index in [1.165, 1.54) is 25.7 Å². The van der Waals surface area contributed by atoms with Gasteiger partial charge in [-0.3, -0.25) is 0 Å². The lowest BCUT2D eigenvalue weighted by Gasteiger charge is -2.26. The molecule has 0 radical (unpaired) electrons. The Morgan fingerprint density at radius 1 is 1.56 bits per heavy atom. The van der Waals surface area contributed by atoms with E-state index < -0.39 is 6.09 Å². The molecule has 0 aromatic rings. The second kappa shape index (κ2) is 6.74. The summed E-state index contributed by atoms with van der Waals surface area (Å²) in [5, 5.41) is 11.0. The molecule has 4 N–H and O–H groups in total. The number of amides is 1. The molecule has 1 saturated carbocycles. The van der Waals surface area contributed by atoms with Crippen molar-refractivity contribution >= 4 is 6.09 Å². The molecule has 3 atom stereocenters. The maximum Gasteiger partial charge on any atom is 0.404 e. The Labute approximate surface area is 97.6 Å². The molecule has 2 unspecified atom stereocenters. The van der Waals surface area contributed by atoms with Crippen molar-refractivity contribution in [3.05, 3.63) is 0 Å². The fraction of sp³-hybridized carbons (Fsp3) is 0.917. The predicted octanol–water partition coefficient (Wildman–Crippen LogP) is 2.33. The Kier molecular flexibility index (Phi) is 5.60. The number of carboxylic acid groups (broad SMARTS) is 1. The minimum Gasteiger partial charge on any atom is -0.465 e. The van der Waals surface area contributed by atoms with Gasteiger partial charge in [0.2, 0.25) is 0 Å². The summed E-state index contributed by atoms with van der Waals surface area (Å²) in [5.74, 6) is 0.765. The molecule has 1 aliphatic rings. The van der Waals surface area contributed by atoms with Gasteiger partial charge in [0, 0.05) is 12.1 Å². The summed E-state index contributed by atoms with van der Waals surface area (Å²) in [7, 11) is 0. The number of rotatable bonds is 5. The molecule has 0 aliphatic heterocycles. The van der Waals surface area contributed by atoms with Crippen LogP contribution in [0.25, 0.3) is 0 Å². The van der Waals surface area contributed by atoms with Gasteiger partial charge in [0.15, 0.2) is 0 Å². The summed E-state index contributed by atoms with van der Waals surface area (Å²) in [6, 6.07) is 0.461. The number of carbonyl (C=O) groups is 1. The highest BCUT2D eigenvalue weighted by molar-refractivity contribution is 5.64. The Hall–Kier alpha value is -0.770. The average molecular weight is 228 g/mol. The van der Waals surface area contributed by atoms with Crippen LogP contribution < -0.4 is 11.1 Å². The molecule has 1 fully saturated rings. The van der Waals surface area contributed by atoms with Gasteiger partial charge >= 0.3 is 6.09 Å². The summed E-state index contributed by atoms with van der Waals surface area (Å²) in [6.45, 7) is 1.92. The average Bonchev–Trinajstić information content (AvgIpc) is 2.16. The third-order valence-electron chi connectivity index (χ3n) is 3.44. The van der Waals surface area contributed by atoms with Crippen LogP contribution in [0.15, 0.2) is 0 Å². The molecule has 0 heterocycles. The van der Waals surface area contributed by atoms with Crippen LogP contribution in [-0.2, 0) is 0 Å². The smallest absolute Gasteiger partial charge is 0.404 e. The van der Waals surface area contributed by atoms with E-state index in [9.17, 15) is 4.79 Å². The van der Waals surface area contributed by atoms with Crippen LogP contribution in [0.2, 0.25) is 0 Å². The van der Waals surface area contributed by atoms with E-state index in [0.717, 1.165) is 25.2 Å². The van der Waals surface area contributed by atoms with Crippen LogP contribution >= 0.6 is 0 Å².